The molecule has 0 spiro atoms. The van der Waals surface area contributed by atoms with E-state index < -0.39 is 0 Å². The predicted octanol–water partition coefficient (Wildman–Crippen LogP) is 1.26. The van der Waals surface area contributed by atoms with E-state index in [0.29, 0.717) is 24.5 Å². The molecule has 0 saturated carbocycles. The minimum atomic E-state index is -0.192. The molecule has 6 heteroatoms. The van der Waals surface area contributed by atoms with E-state index in [0.717, 1.165) is 0 Å². The normalized spacial score (nSPS) is 10.1. The number of ether oxygens (including phenoxy) is 1. The highest BCUT2D eigenvalue weighted by molar-refractivity contribution is 5.94. The summed E-state index contributed by atoms with van der Waals surface area (Å²) < 4.78 is 5.18. The number of nitrogens with zero attached hydrogens (tertiary/aromatic N) is 1. The van der Waals surface area contributed by atoms with Gasteiger partial charge in [0, 0.05) is 6.54 Å². The second kappa shape index (κ2) is 9.57. The maximum atomic E-state index is 12.1. The van der Waals surface area contributed by atoms with Gasteiger partial charge in [0.15, 0.2) is 0 Å². The molecule has 2 amide bonds. The smallest absolute Gasteiger partial charge is 0.238 e. The van der Waals surface area contributed by atoms with Gasteiger partial charge in [0.1, 0.15) is 5.75 Å². The molecule has 0 saturated heterocycles. The van der Waals surface area contributed by atoms with Crippen LogP contribution >= 0.6 is 0 Å². The third-order valence-corrected chi connectivity index (χ3v) is 3.01. The number of amides is 2. The van der Waals surface area contributed by atoms with Crippen molar-refractivity contribution < 1.29 is 14.3 Å². The van der Waals surface area contributed by atoms with E-state index in [1.54, 1.807) is 30.2 Å². The quantitative estimate of drug-likeness (QED) is 0.674. The van der Waals surface area contributed by atoms with Gasteiger partial charge in [-0.25, -0.2) is 0 Å². The molecule has 22 heavy (non-hydrogen) atoms. The number of likely N-dealkylation sites (N-methyl/N-ethyl adjacent to an activating group) is 1. The Hall–Kier alpha value is -2.34. The fourth-order valence-electron chi connectivity index (χ4n) is 1.87. The summed E-state index contributed by atoms with van der Waals surface area (Å²) in [4.78, 5) is 25.5. The van der Waals surface area contributed by atoms with Crippen molar-refractivity contribution >= 4 is 17.5 Å². The van der Waals surface area contributed by atoms with Crippen LogP contribution in [0, 0.1) is 0 Å². The number of para-hydroxylation sites is 2. The first-order valence-corrected chi connectivity index (χ1v) is 7.13. The van der Waals surface area contributed by atoms with Gasteiger partial charge in [-0.3, -0.25) is 14.5 Å². The summed E-state index contributed by atoms with van der Waals surface area (Å²) in [6.07, 6.45) is 1.61. The summed E-state index contributed by atoms with van der Waals surface area (Å²) >= 11 is 0. The van der Waals surface area contributed by atoms with Gasteiger partial charge in [0.05, 0.1) is 25.9 Å². The van der Waals surface area contributed by atoms with Crippen LogP contribution in [0.1, 0.15) is 6.92 Å². The Morgan fingerprint density at radius 3 is 2.59 bits per heavy atom. The van der Waals surface area contributed by atoms with Crippen molar-refractivity contribution in [2.75, 3.05) is 38.6 Å². The highest BCUT2D eigenvalue weighted by atomic mass is 16.5. The van der Waals surface area contributed by atoms with E-state index in [1.165, 1.54) is 0 Å². The Balaban J connectivity index is 2.54. The van der Waals surface area contributed by atoms with Crippen molar-refractivity contribution in [3.8, 4) is 5.75 Å². The molecule has 0 bridgehead atoms. The van der Waals surface area contributed by atoms with Gasteiger partial charge in [-0.05, 0) is 18.7 Å². The summed E-state index contributed by atoms with van der Waals surface area (Å²) in [7, 11) is 1.55. The number of anilines is 1. The molecular formula is C16H23N3O3. The van der Waals surface area contributed by atoms with E-state index >= 15 is 0 Å². The van der Waals surface area contributed by atoms with Crippen LogP contribution in [0.15, 0.2) is 36.9 Å². The lowest BCUT2D eigenvalue weighted by Gasteiger charge is -2.19. The number of hydrogen-bond acceptors (Lipinski definition) is 4. The highest BCUT2D eigenvalue weighted by Crippen LogP contribution is 2.22. The second-order valence-corrected chi connectivity index (χ2v) is 4.64. The lowest BCUT2D eigenvalue weighted by molar-refractivity contribution is -0.123. The van der Waals surface area contributed by atoms with E-state index in [1.807, 2.05) is 19.1 Å². The van der Waals surface area contributed by atoms with Crippen LogP contribution in [0.4, 0.5) is 5.69 Å². The number of hydrogen-bond donors (Lipinski definition) is 2. The van der Waals surface area contributed by atoms with Gasteiger partial charge >= 0.3 is 0 Å². The maximum absolute atomic E-state index is 12.1. The third kappa shape index (κ3) is 5.97. The van der Waals surface area contributed by atoms with Crippen molar-refractivity contribution in [3.63, 3.8) is 0 Å². The molecule has 0 atom stereocenters. The zero-order chi connectivity index (χ0) is 16.4. The number of nitrogens with one attached hydrogen (secondary N) is 2. The van der Waals surface area contributed by atoms with Crippen LogP contribution in [0.3, 0.4) is 0 Å². The molecule has 2 N–H and O–H groups in total. The average molecular weight is 305 g/mol. The Kier molecular flexibility index (Phi) is 7.70. The number of benzene rings is 1. The SMILES string of the molecule is C=CCNC(=O)CN(CC)CC(=O)Nc1ccccc1OC. The van der Waals surface area contributed by atoms with E-state index in [-0.39, 0.29) is 24.9 Å². The molecule has 0 aliphatic rings. The Morgan fingerprint density at radius 2 is 1.95 bits per heavy atom. The average Bonchev–Trinajstić information content (AvgIpc) is 2.52. The Morgan fingerprint density at radius 1 is 1.27 bits per heavy atom. The summed E-state index contributed by atoms with van der Waals surface area (Å²) in [6, 6.07) is 7.19. The summed E-state index contributed by atoms with van der Waals surface area (Å²) in [6.45, 7) is 6.76. The van der Waals surface area contributed by atoms with Crippen LogP contribution in [-0.2, 0) is 9.59 Å². The van der Waals surface area contributed by atoms with E-state index in [2.05, 4.69) is 17.2 Å². The summed E-state index contributed by atoms with van der Waals surface area (Å²) in [5.41, 5.74) is 0.613. The van der Waals surface area contributed by atoms with Gasteiger partial charge in [0.2, 0.25) is 11.8 Å². The minimum absolute atomic E-state index is 0.133. The molecule has 0 heterocycles. The lowest BCUT2D eigenvalue weighted by Crippen LogP contribution is -2.41. The molecule has 1 rings (SSSR count). The van der Waals surface area contributed by atoms with Gasteiger partial charge in [-0.2, -0.15) is 0 Å². The molecule has 1 aromatic carbocycles. The minimum Gasteiger partial charge on any atom is -0.495 e. The molecule has 0 fully saturated rings. The first-order chi connectivity index (χ1) is 10.6. The molecule has 0 radical (unpaired) electrons. The fourth-order valence-corrected chi connectivity index (χ4v) is 1.87. The molecule has 0 aromatic heterocycles. The number of rotatable bonds is 9. The number of carbonyl (C=O) groups is 2. The molecule has 6 nitrogen and oxygen atoms in total. The van der Waals surface area contributed by atoms with Crippen LogP contribution in [0.2, 0.25) is 0 Å². The topological polar surface area (TPSA) is 70.7 Å². The first-order valence-electron chi connectivity index (χ1n) is 7.13. The monoisotopic (exact) mass is 305 g/mol. The van der Waals surface area contributed by atoms with Gasteiger partial charge in [-0.15, -0.1) is 6.58 Å². The van der Waals surface area contributed by atoms with Gasteiger partial charge < -0.3 is 15.4 Å². The number of carbonyl (C=O) groups excluding carboxylic acids is 2. The van der Waals surface area contributed by atoms with Crippen LogP contribution < -0.4 is 15.4 Å². The Bertz CT molecular complexity index is 517. The van der Waals surface area contributed by atoms with Crippen LogP contribution in [0.5, 0.6) is 5.75 Å². The third-order valence-electron chi connectivity index (χ3n) is 3.01. The largest absolute Gasteiger partial charge is 0.495 e. The maximum Gasteiger partial charge on any atom is 0.238 e. The molecule has 0 unspecified atom stereocenters. The highest BCUT2D eigenvalue weighted by Gasteiger charge is 2.14. The van der Waals surface area contributed by atoms with Crippen molar-refractivity contribution in [3.05, 3.63) is 36.9 Å². The molecular weight excluding hydrogens is 282 g/mol. The summed E-state index contributed by atoms with van der Waals surface area (Å²) in [5, 5.41) is 5.48. The summed E-state index contributed by atoms with van der Waals surface area (Å²) in [5.74, 6) is 0.275. The van der Waals surface area contributed by atoms with E-state index in [9.17, 15) is 9.59 Å². The van der Waals surface area contributed by atoms with Gasteiger partial charge in [-0.1, -0.05) is 25.1 Å². The fraction of sp³-hybridized carbons (Fsp3) is 0.375. The van der Waals surface area contributed by atoms with Crippen LogP contribution in [0.25, 0.3) is 0 Å². The van der Waals surface area contributed by atoms with Crippen LogP contribution in [-0.4, -0.2) is 50.0 Å². The lowest BCUT2D eigenvalue weighted by atomic mass is 10.3. The van der Waals surface area contributed by atoms with Crippen molar-refractivity contribution in [1.82, 2.24) is 10.2 Å². The number of methoxy groups -OCH3 is 1. The first kappa shape index (κ1) is 17.7. The van der Waals surface area contributed by atoms with E-state index in [4.69, 9.17) is 4.74 Å². The van der Waals surface area contributed by atoms with Crippen molar-refractivity contribution in [2.24, 2.45) is 0 Å². The zero-order valence-electron chi connectivity index (χ0n) is 13.1. The van der Waals surface area contributed by atoms with Gasteiger partial charge in [0.25, 0.3) is 0 Å². The predicted molar refractivity (Wildman–Crippen MR) is 86.9 cm³/mol. The molecule has 120 valence electrons. The molecule has 0 aliphatic carbocycles. The van der Waals surface area contributed by atoms with Crippen molar-refractivity contribution in [2.45, 2.75) is 6.92 Å². The Labute approximate surface area is 131 Å². The molecule has 0 aliphatic heterocycles. The standard InChI is InChI=1S/C16H23N3O3/c1-4-10-17-15(20)11-19(5-2)12-16(21)18-13-8-6-7-9-14(13)22-3/h4,6-9H,1,5,10-12H2,2-3H3,(H,17,20)(H,18,21). The zero-order valence-corrected chi connectivity index (χ0v) is 13.1. The second-order valence-electron chi connectivity index (χ2n) is 4.64. The van der Waals surface area contributed by atoms with Crippen molar-refractivity contribution in [1.29, 1.82) is 0 Å². The molecule has 1 aromatic rings.